The highest BCUT2D eigenvalue weighted by molar-refractivity contribution is 5.85. The summed E-state index contributed by atoms with van der Waals surface area (Å²) < 4.78 is 69.5. The van der Waals surface area contributed by atoms with E-state index in [1.807, 2.05) is 0 Å². The maximum absolute atomic E-state index is 12.2. The quantitative estimate of drug-likeness (QED) is 0.401. The third kappa shape index (κ3) is 3.00. The van der Waals surface area contributed by atoms with Crippen LogP contribution in [0.15, 0.2) is 12.4 Å². The molecule has 2 nitrogen and oxygen atoms in total. The van der Waals surface area contributed by atoms with E-state index >= 15 is 0 Å². The van der Waals surface area contributed by atoms with Crippen molar-refractivity contribution in [2.45, 2.75) is 19.0 Å². The second-order valence-electron chi connectivity index (χ2n) is 2.14. The molecule has 0 heterocycles. The van der Waals surface area contributed by atoms with Gasteiger partial charge in [-0.05, 0) is 0 Å². The predicted molar refractivity (Wildman–Crippen MR) is 31.9 cm³/mol. The van der Waals surface area contributed by atoms with Crippen LogP contribution < -0.4 is 0 Å². The van der Waals surface area contributed by atoms with Crippen LogP contribution in [-0.2, 0) is 9.53 Å². The van der Waals surface area contributed by atoms with Crippen LogP contribution in [0.3, 0.4) is 0 Å². The lowest BCUT2D eigenvalue weighted by molar-refractivity contribution is -0.323. The Hall–Kier alpha value is -1.14. The lowest BCUT2D eigenvalue weighted by Gasteiger charge is -2.21. The monoisotopic (exact) mass is 205 g/mol. The van der Waals surface area contributed by atoms with Gasteiger partial charge in [0.05, 0.1) is 1.37 Å². The van der Waals surface area contributed by atoms with Gasteiger partial charge in [-0.1, -0.05) is 6.55 Å². The van der Waals surface area contributed by atoms with E-state index in [9.17, 15) is 26.7 Å². The zero-order valence-corrected chi connectivity index (χ0v) is 6.28. The molecular formula is C6H5F5O2. The fourth-order valence-corrected chi connectivity index (χ4v) is 0.255. The van der Waals surface area contributed by atoms with Crippen molar-refractivity contribution in [1.29, 1.82) is 0 Å². The van der Waals surface area contributed by atoms with Gasteiger partial charge in [0.25, 0.3) is 0 Å². The Morgan fingerprint density at radius 3 is 2.23 bits per heavy atom. The van der Waals surface area contributed by atoms with Crippen molar-refractivity contribution in [2.24, 2.45) is 0 Å². The van der Waals surface area contributed by atoms with Crippen LogP contribution in [0.4, 0.5) is 22.0 Å². The van der Waals surface area contributed by atoms with Gasteiger partial charge in [-0.2, -0.15) is 22.0 Å². The molecule has 0 saturated heterocycles. The highest BCUT2D eigenvalue weighted by Crippen LogP contribution is 2.35. The fourth-order valence-electron chi connectivity index (χ4n) is 0.255. The molecule has 76 valence electrons. The minimum Gasteiger partial charge on any atom is -0.391 e. The average molecular weight is 205 g/mol. The van der Waals surface area contributed by atoms with Crippen LogP contribution in [0.5, 0.6) is 0 Å². The first-order valence-electron chi connectivity index (χ1n) is 3.42. The Morgan fingerprint density at radius 2 is 1.92 bits per heavy atom. The summed E-state index contributed by atoms with van der Waals surface area (Å²) in [7, 11) is 0. The van der Waals surface area contributed by atoms with E-state index in [4.69, 9.17) is 1.37 Å². The largest absolute Gasteiger partial charge is 0.466 e. The summed E-state index contributed by atoms with van der Waals surface area (Å²) in [4.78, 5) is 10.2. The second kappa shape index (κ2) is 3.31. The van der Waals surface area contributed by atoms with E-state index in [-0.39, 0.29) is 13.5 Å². The topological polar surface area (TPSA) is 26.3 Å². The molecule has 0 bridgehead atoms. The van der Waals surface area contributed by atoms with Crippen molar-refractivity contribution in [2.75, 3.05) is 0 Å². The lowest BCUT2D eigenvalue weighted by Crippen LogP contribution is -2.41. The fraction of sp³-hybridized carbons (Fsp3) is 0.500. The first-order valence-corrected chi connectivity index (χ1v) is 2.85. The Balaban J connectivity index is 4.62. The molecule has 0 aliphatic carbocycles. The number of hydrogen-bond acceptors (Lipinski definition) is 2. The van der Waals surface area contributed by atoms with Crippen LogP contribution in [0.1, 0.15) is 8.29 Å². The standard InChI is InChI=1S/C6H5F5O2/c1-3(7)4(12)13-6(10,11)5(2,8)9/h1H2,2H3/i1D. The molecule has 0 amide bonds. The summed E-state index contributed by atoms with van der Waals surface area (Å²) in [5, 5.41) is 0. The zero-order chi connectivity index (χ0) is 11.6. The summed E-state index contributed by atoms with van der Waals surface area (Å²) in [5.74, 6) is -8.93. The van der Waals surface area contributed by atoms with Crippen molar-refractivity contribution < 1.29 is 32.9 Å². The van der Waals surface area contributed by atoms with Crippen molar-refractivity contribution in [3.05, 3.63) is 12.4 Å². The number of hydrogen-bond donors (Lipinski definition) is 0. The number of ether oxygens (including phenoxy) is 1. The van der Waals surface area contributed by atoms with E-state index in [0.29, 0.717) is 0 Å². The molecule has 0 saturated carbocycles. The van der Waals surface area contributed by atoms with E-state index in [0.717, 1.165) is 0 Å². The smallest absolute Gasteiger partial charge is 0.391 e. The molecule has 0 spiro atoms. The van der Waals surface area contributed by atoms with Gasteiger partial charge in [0.15, 0.2) is 0 Å². The van der Waals surface area contributed by atoms with Gasteiger partial charge in [0.2, 0.25) is 5.83 Å². The Bertz CT molecular complexity index is 257. The van der Waals surface area contributed by atoms with Gasteiger partial charge in [-0.15, -0.1) is 0 Å². The summed E-state index contributed by atoms with van der Waals surface area (Å²) in [5.41, 5.74) is 0. The van der Waals surface area contributed by atoms with Crippen LogP contribution >= 0.6 is 0 Å². The molecular weight excluding hydrogens is 199 g/mol. The molecule has 0 aromatic carbocycles. The first kappa shape index (κ1) is 9.94. The van der Waals surface area contributed by atoms with Crippen LogP contribution in [0, 0.1) is 0 Å². The number of rotatable bonds is 3. The van der Waals surface area contributed by atoms with Gasteiger partial charge in [0.1, 0.15) is 0 Å². The number of alkyl halides is 4. The van der Waals surface area contributed by atoms with Crippen molar-refractivity contribution in [3.8, 4) is 0 Å². The SMILES string of the molecule is [2H]C=C(F)C(=O)OC(F)(F)C(C)(F)F. The van der Waals surface area contributed by atoms with Crippen molar-refractivity contribution in [1.82, 2.24) is 0 Å². The molecule has 0 fully saturated rings. The molecule has 0 rings (SSSR count). The van der Waals surface area contributed by atoms with Crippen LogP contribution in [-0.4, -0.2) is 18.0 Å². The molecule has 0 aliphatic heterocycles. The van der Waals surface area contributed by atoms with Crippen molar-refractivity contribution >= 4 is 5.97 Å². The third-order valence-corrected chi connectivity index (χ3v) is 0.927. The number of carbonyl (C=O) groups is 1. The average Bonchev–Trinajstić information content (AvgIpc) is 2.00. The van der Waals surface area contributed by atoms with Crippen molar-refractivity contribution in [3.63, 3.8) is 0 Å². The Kier molecular flexibility index (Phi) is 2.53. The molecule has 7 heteroatoms. The Labute approximate surface area is 71.4 Å². The van der Waals surface area contributed by atoms with Gasteiger partial charge in [-0.25, -0.2) is 4.79 Å². The third-order valence-electron chi connectivity index (χ3n) is 0.927. The van der Waals surface area contributed by atoms with Crippen LogP contribution in [0.2, 0.25) is 0 Å². The Morgan fingerprint density at radius 1 is 1.46 bits per heavy atom. The maximum atomic E-state index is 12.2. The number of carbonyl (C=O) groups excluding carboxylic acids is 1. The van der Waals surface area contributed by atoms with Crippen LogP contribution in [0.25, 0.3) is 0 Å². The normalized spacial score (nSPS) is 15.2. The van der Waals surface area contributed by atoms with E-state index in [1.165, 1.54) is 0 Å². The highest BCUT2D eigenvalue weighted by atomic mass is 19.3. The zero-order valence-electron chi connectivity index (χ0n) is 7.28. The van der Waals surface area contributed by atoms with E-state index in [2.05, 4.69) is 4.74 Å². The molecule has 0 aromatic rings. The minimum atomic E-state index is -5.11. The summed E-state index contributed by atoms with van der Waals surface area (Å²) in [6.45, 7) is -0.422. The molecule has 0 aliphatic rings. The molecule has 13 heavy (non-hydrogen) atoms. The molecule has 0 aromatic heterocycles. The van der Waals surface area contributed by atoms with E-state index < -0.39 is 23.8 Å². The minimum absolute atomic E-state index is 0.192. The predicted octanol–water partition coefficient (Wildman–Crippen LogP) is 2.26. The molecule has 0 N–H and O–H groups in total. The van der Waals surface area contributed by atoms with E-state index in [1.54, 1.807) is 0 Å². The van der Waals surface area contributed by atoms with Gasteiger partial charge in [-0.3, -0.25) is 0 Å². The summed E-state index contributed by atoms with van der Waals surface area (Å²) in [6.07, 6.45) is -5.11. The van der Waals surface area contributed by atoms with Gasteiger partial charge < -0.3 is 4.74 Å². The van der Waals surface area contributed by atoms with Gasteiger partial charge >= 0.3 is 18.0 Å². The molecule has 0 radical (unpaired) electrons. The highest BCUT2D eigenvalue weighted by Gasteiger charge is 2.56. The molecule has 0 unspecified atom stereocenters. The number of esters is 1. The first-order chi connectivity index (χ1) is 6.12. The summed E-state index contributed by atoms with van der Waals surface area (Å²) >= 11 is 0. The van der Waals surface area contributed by atoms with Gasteiger partial charge in [0, 0.05) is 6.92 Å². The molecule has 0 atom stereocenters. The summed E-state index contributed by atoms with van der Waals surface area (Å²) in [6, 6.07) is 0. The second-order valence-corrected chi connectivity index (χ2v) is 2.14. The lowest BCUT2D eigenvalue weighted by atomic mass is 10.3. The maximum Gasteiger partial charge on any atom is 0.466 e. The number of halogens is 5.